The minimum atomic E-state index is -0.504. The molecular formula is C19H21FN2O3. The largest absolute Gasteiger partial charge is 0.465 e. The van der Waals surface area contributed by atoms with E-state index in [4.69, 9.17) is 4.74 Å². The topological polar surface area (TPSA) is 58.6 Å². The van der Waals surface area contributed by atoms with Gasteiger partial charge in [-0.3, -0.25) is 14.5 Å². The Morgan fingerprint density at radius 2 is 1.72 bits per heavy atom. The Morgan fingerprint density at radius 1 is 1.04 bits per heavy atom. The molecule has 0 spiro atoms. The second-order valence-electron chi connectivity index (χ2n) is 5.46. The molecule has 0 aromatic heterocycles. The second kappa shape index (κ2) is 9.54. The van der Waals surface area contributed by atoms with Crippen LogP contribution in [-0.4, -0.2) is 36.5 Å². The predicted octanol–water partition coefficient (Wildman–Crippen LogP) is 2.83. The molecule has 0 saturated heterocycles. The highest BCUT2D eigenvalue weighted by Gasteiger charge is 2.16. The molecule has 1 amide bonds. The van der Waals surface area contributed by atoms with Crippen LogP contribution in [0.15, 0.2) is 54.6 Å². The lowest BCUT2D eigenvalue weighted by Gasteiger charge is -2.21. The van der Waals surface area contributed by atoms with Gasteiger partial charge in [0.05, 0.1) is 25.4 Å². The van der Waals surface area contributed by atoms with E-state index in [1.807, 2.05) is 30.3 Å². The van der Waals surface area contributed by atoms with Crippen molar-refractivity contribution in [1.82, 2.24) is 4.90 Å². The van der Waals surface area contributed by atoms with Crippen molar-refractivity contribution in [2.45, 2.75) is 13.5 Å². The maximum absolute atomic E-state index is 13.6. The summed E-state index contributed by atoms with van der Waals surface area (Å²) in [6, 6.07) is 15.4. The van der Waals surface area contributed by atoms with E-state index in [2.05, 4.69) is 5.32 Å². The van der Waals surface area contributed by atoms with Gasteiger partial charge in [0.25, 0.3) is 0 Å². The number of carbonyl (C=O) groups excluding carboxylic acids is 2. The fourth-order valence-corrected chi connectivity index (χ4v) is 2.35. The van der Waals surface area contributed by atoms with Gasteiger partial charge in [0.2, 0.25) is 5.91 Å². The average molecular weight is 344 g/mol. The molecule has 132 valence electrons. The van der Waals surface area contributed by atoms with E-state index in [0.29, 0.717) is 6.54 Å². The van der Waals surface area contributed by atoms with Crippen LogP contribution in [0, 0.1) is 5.82 Å². The van der Waals surface area contributed by atoms with Crippen LogP contribution in [0.4, 0.5) is 10.1 Å². The minimum Gasteiger partial charge on any atom is -0.465 e. The van der Waals surface area contributed by atoms with Gasteiger partial charge >= 0.3 is 5.97 Å². The molecule has 2 aromatic rings. The number of anilines is 1. The van der Waals surface area contributed by atoms with Crippen molar-refractivity contribution in [3.8, 4) is 0 Å². The molecule has 6 heteroatoms. The number of hydrogen-bond acceptors (Lipinski definition) is 4. The smallest absolute Gasteiger partial charge is 0.320 e. The summed E-state index contributed by atoms with van der Waals surface area (Å²) >= 11 is 0. The number of halogens is 1. The molecule has 1 N–H and O–H groups in total. The Hall–Kier alpha value is -2.73. The fraction of sp³-hybridized carbons (Fsp3) is 0.263. The van der Waals surface area contributed by atoms with Crippen LogP contribution >= 0.6 is 0 Å². The molecule has 0 fully saturated rings. The van der Waals surface area contributed by atoms with Crippen LogP contribution in [0.25, 0.3) is 0 Å². The first-order chi connectivity index (χ1) is 12.1. The molecule has 0 aliphatic heterocycles. The summed E-state index contributed by atoms with van der Waals surface area (Å²) in [5.41, 5.74) is 1.08. The van der Waals surface area contributed by atoms with Gasteiger partial charge in [0.15, 0.2) is 0 Å². The molecule has 0 heterocycles. The summed E-state index contributed by atoms with van der Waals surface area (Å²) in [4.78, 5) is 25.7. The highest BCUT2D eigenvalue weighted by atomic mass is 19.1. The highest BCUT2D eigenvalue weighted by molar-refractivity contribution is 5.92. The van der Waals surface area contributed by atoms with E-state index in [0.717, 1.165) is 5.56 Å². The number of amides is 1. The number of benzene rings is 2. The maximum atomic E-state index is 13.6. The third-order valence-corrected chi connectivity index (χ3v) is 3.42. The molecule has 0 atom stereocenters. The van der Waals surface area contributed by atoms with Crippen LogP contribution in [0.3, 0.4) is 0 Å². The van der Waals surface area contributed by atoms with E-state index < -0.39 is 17.7 Å². The zero-order chi connectivity index (χ0) is 18.1. The second-order valence-corrected chi connectivity index (χ2v) is 5.46. The maximum Gasteiger partial charge on any atom is 0.320 e. The first-order valence-corrected chi connectivity index (χ1v) is 8.04. The monoisotopic (exact) mass is 344 g/mol. The van der Waals surface area contributed by atoms with Crippen molar-refractivity contribution in [1.29, 1.82) is 0 Å². The number of ether oxygens (including phenoxy) is 1. The van der Waals surface area contributed by atoms with Gasteiger partial charge in [0, 0.05) is 6.54 Å². The minimum absolute atomic E-state index is 0.0204. The molecule has 0 radical (unpaired) electrons. The molecule has 0 saturated carbocycles. The van der Waals surface area contributed by atoms with Crippen LogP contribution in [0.5, 0.6) is 0 Å². The summed E-state index contributed by atoms with van der Waals surface area (Å²) < 4.78 is 18.6. The molecule has 0 unspecified atom stereocenters. The van der Waals surface area contributed by atoms with Gasteiger partial charge < -0.3 is 10.1 Å². The number of rotatable bonds is 8. The standard InChI is InChI=1S/C19H21FN2O3/c1-2-25-19(24)14-22(12-15-8-4-3-5-9-15)13-18(23)21-17-11-7-6-10-16(17)20/h3-11H,2,12-14H2,1H3,(H,21,23). The van der Waals surface area contributed by atoms with Crippen molar-refractivity contribution in [3.63, 3.8) is 0 Å². The Kier molecular flexibility index (Phi) is 7.10. The number of esters is 1. The van der Waals surface area contributed by atoms with Gasteiger partial charge in [0.1, 0.15) is 5.82 Å². The van der Waals surface area contributed by atoms with Crippen LogP contribution in [0.1, 0.15) is 12.5 Å². The first-order valence-electron chi connectivity index (χ1n) is 8.04. The van der Waals surface area contributed by atoms with Gasteiger partial charge in [-0.05, 0) is 24.6 Å². The van der Waals surface area contributed by atoms with Crippen LogP contribution < -0.4 is 5.32 Å². The molecule has 0 aliphatic rings. The van der Waals surface area contributed by atoms with Gasteiger partial charge in [-0.15, -0.1) is 0 Å². The van der Waals surface area contributed by atoms with Crippen molar-refractivity contribution in [2.24, 2.45) is 0 Å². The molecule has 0 aliphatic carbocycles. The molecule has 25 heavy (non-hydrogen) atoms. The summed E-state index contributed by atoms with van der Waals surface area (Å²) in [6.07, 6.45) is 0. The first kappa shape index (κ1) is 18.6. The fourth-order valence-electron chi connectivity index (χ4n) is 2.35. The quantitative estimate of drug-likeness (QED) is 0.748. The molecule has 0 bridgehead atoms. The van der Waals surface area contributed by atoms with Crippen molar-refractivity contribution in [3.05, 3.63) is 66.0 Å². The molecule has 2 aromatic carbocycles. The third-order valence-electron chi connectivity index (χ3n) is 3.42. The molecule has 5 nitrogen and oxygen atoms in total. The zero-order valence-corrected chi connectivity index (χ0v) is 14.1. The number of carbonyl (C=O) groups is 2. The van der Waals surface area contributed by atoms with Gasteiger partial charge in [-0.25, -0.2) is 4.39 Å². The number of nitrogens with one attached hydrogen (secondary N) is 1. The van der Waals surface area contributed by atoms with E-state index in [9.17, 15) is 14.0 Å². The Labute approximate surface area is 146 Å². The van der Waals surface area contributed by atoms with Gasteiger partial charge in [-0.2, -0.15) is 0 Å². The Bertz CT molecular complexity index is 707. The summed E-state index contributed by atoms with van der Waals surface area (Å²) in [6.45, 7) is 2.34. The van der Waals surface area contributed by atoms with Crippen molar-refractivity contribution < 1.29 is 18.7 Å². The lowest BCUT2D eigenvalue weighted by Crippen LogP contribution is -2.37. The predicted molar refractivity (Wildman–Crippen MR) is 93.4 cm³/mol. The van der Waals surface area contributed by atoms with Crippen molar-refractivity contribution in [2.75, 3.05) is 25.0 Å². The Balaban J connectivity index is 2.02. The van der Waals surface area contributed by atoms with Crippen LogP contribution in [-0.2, 0) is 20.9 Å². The van der Waals surface area contributed by atoms with E-state index in [1.165, 1.54) is 12.1 Å². The van der Waals surface area contributed by atoms with E-state index in [-0.39, 0.29) is 25.4 Å². The number of para-hydroxylation sites is 1. The van der Waals surface area contributed by atoms with Crippen molar-refractivity contribution >= 4 is 17.6 Å². The summed E-state index contributed by atoms with van der Waals surface area (Å²) in [5, 5.41) is 2.52. The third kappa shape index (κ3) is 6.35. The SMILES string of the molecule is CCOC(=O)CN(CC(=O)Nc1ccccc1F)Cc1ccccc1. The lowest BCUT2D eigenvalue weighted by atomic mass is 10.2. The summed E-state index contributed by atoms with van der Waals surface area (Å²) in [5.74, 6) is -1.31. The van der Waals surface area contributed by atoms with Gasteiger partial charge in [-0.1, -0.05) is 42.5 Å². The molecular weight excluding hydrogens is 323 g/mol. The van der Waals surface area contributed by atoms with E-state index in [1.54, 1.807) is 24.0 Å². The highest BCUT2D eigenvalue weighted by Crippen LogP contribution is 2.12. The van der Waals surface area contributed by atoms with Crippen LogP contribution in [0.2, 0.25) is 0 Å². The molecule has 2 rings (SSSR count). The van der Waals surface area contributed by atoms with E-state index >= 15 is 0 Å². The zero-order valence-electron chi connectivity index (χ0n) is 14.1. The number of nitrogens with zero attached hydrogens (tertiary/aromatic N) is 1. The number of hydrogen-bond donors (Lipinski definition) is 1. The summed E-state index contributed by atoms with van der Waals surface area (Å²) in [7, 11) is 0. The normalized spacial score (nSPS) is 10.5. The average Bonchev–Trinajstić information content (AvgIpc) is 2.58. The lowest BCUT2D eigenvalue weighted by molar-refractivity contribution is -0.144. The Morgan fingerprint density at radius 3 is 2.40 bits per heavy atom.